The number of phenolic OH excluding ortho intramolecular Hbond substituents is 1. The van der Waals surface area contributed by atoms with E-state index < -0.39 is 86.7 Å². The summed E-state index contributed by atoms with van der Waals surface area (Å²) in [6.07, 6.45) is 1.12. The number of aliphatic hydroxyl groups excluding tert-OH is 2. The average molecular weight is 576 g/mol. The van der Waals surface area contributed by atoms with E-state index in [2.05, 4.69) is 10.6 Å². The molecule has 0 heterocycles. The van der Waals surface area contributed by atoms with E-state index in [1.54, 1.807) is 0 Å². The summed E-state index contributed by atoms with van der Waals surface area (Å²) < 4.78 is 15.3. The van der Waals surface area contributed by atoms with Crippen LogP contribution in [0.15, 0.2) is 28.7 Å². The van der Waals surface area contributed by atoms with E-state index in [-0.39, 0.29) is 30.6 Å². The molecule has 10 N–H and O–H groups in total. The van der Waals surface area contributed by atoms with Crippen molar-refractivity contribution in [1.29, 1.82) is 0 Å². The van der Waals surface area contributed by atoms with Gasteiger partial charge in [-0.05, 0) is 58.8 Å². The number of aliphatic hydroxyl groups is 3. The highest BCUT2D eigenvalue weighted by atomic mass is 19.1. The van der Waals surface area contributed by atoms with E-state index in [1.807, 2.05) is 0 Å². The third-order valence-corrected chi connectivity index (χ3v) is 8.04. The van der Waals surface area contributed by atoms with Crippen molar-refractivity contribution in [3.8, 4) is 5.75 Å². The first-order valence-corrected chi connectivity index (χ1v) is 13.2. The lowest BCUT2D eigenvalue weighted by Gasteiger charge is -2.50. The van der Waals surface area contributed by atoms with Crippen molar-refractivity contribution >= 4 is 29.1 Å². The van der Waals surface area contributed by atoms with Crippen LogP contribution in [0.5, 0.6) is 5.75 Å². The molecule has 2 amide bonds. The van der Waals surface area contributed by atoms with Gasteiger partial charge in [-0.1, -0.05) is 0 Å². The standard InChI is InChI=1S/C27H34FN5O8/c1-33(2)20-13-8-11-7-12-14(28)9-15(32-16(34)10-31-6-4-3-5-29)21(35)18(12)22(36)17(11)24(38)27(13,41)25(39)19(23(20)37)26(30)40/h9,11,13,20,31,35,37-38,41H,3-8,10,29H2,1-2H3,(H2,30,40)(H,32,34)/t11-,13-,20-,27-/m0/s1. The number of primary amides is 1. The van der Waals surface area contributed by atoms with Gasteiger partial charge in [-0.25, -0.2) is 4.39 Å². The molecular weight excluding hydrogens is 541 g/mol. The number of nitrogens with zero attached hydrogens (tertiary/aromatic N) is 1. The number of fused-ring (bicyclic) bond motifs is 3. The topological polar surface area (TPSA) is 229 Å². The number of rotatable bonds is 9. The van der Waals surface area contributed by atoms with E-state index in [4.69, 9.17) is 11.5 Å². The first-order chi connectivity index (χ1) is 19.3. The molecule has 13 nitrogen and oxygen atoms in total. The Bertz CT molecular complexity index is 1390. The molecule has 1 aromatic carbocycles. The number of phenols is 1. The Morgan fingerprint density at radius 3 is 2.49 bits per heavy atom. The van der Waals surface area contributed by atoms with Gasteiger partial charge >= 0.3 is 0 Å². The number of hydrogen-bond donors (Lipinski definition) is 8. The van der Waals surface area contributed by atoms with Crippen molar-refractivity contribution in [3.63, 3.8) is 0 Å². The van der Waals surface area contributed by atoms with Gasteiger partial charge in [-0.3, -0.25) is 24.1 Å². The van der Waals surface area contributed by atoms with Gasteiger partial charge in [0.05, 0.1) is 23.8 Å². The Balaban J connectivity index is 1.74. The molecular formula is C27H34FN5O8. The van der Waals surface area contributed by atoms with E-state index in [9.17, 15) is 39.6 Å². The molecule has 4 rings (SSSR count). The number of ketones is 2. The van der Waals surface area contributed by atoms with Gasteiger partial charge in [-0.2, -0.15) is 0 Å². The van der Waals surface area contributed by atoms with Crippen LogP contribution in [0.2, 0.25) is 0 Å². The van der Waals surface area contributed by atoms with Crippen LogP contribution in [-0.2, 0) is 20.8 Å². The van der Waals surface area contributed by atoms with Crippen molar-refractivity contribution < 1.29 is 44.0 Å². The van der Waals surface area contributed by atoms with E-state index >= 15 is 4.39 Å². The first kappa shape index (κ1) is 30.1. The van der Waals surface area contributed by atoms with Crippen molar-refractivity contribution in [2.45, 2.75) is 37.3 Å². The molecule has 3 aliphatic rings. The molecule has 0 bridgehead atoms. The fraction of sp³-hybridized carbons (Fsp3) is 0.481. The predicted molar refractivity (Wildman–Crippen MR) is 143 cm³/mol. The zero-order valence-corrected chi connectivity index (χ0v) is 22.7. The Morgan fingerprint density at radius 2 is 1.88 bits per heavy atom. The minimum atomic E-state index is -2.81. The fourth-order valence-corrected chi connectivity index (χ4v) is 6.16. The van der Waals surface area contributed by atoms with Crippen molar-refractivity contribution in [2.24, 2.45) is 23.3 Å². The van der Waals surface area contributed by atoms with E-state index in [0.717, 1.165) is 18.9 Å². The monoisotopic (exact) mass is 575 g/mol. The molecule has 0 aliphatic heterocycles. The molecule has 1 aromatic rings. The second kappa shape index (κ2) is 11.2. The van der Waals surface area contributed by atoms with Crippen molar-refractivity contribution in [3.05, 3.63) is 45.7 Å². The molecule has 0 radical (unpaired) electrons. The summed E-state index contributed by atoms with van der Waals surface area (Å²) in [5, 5.41) is 49.9. The van der Waals surface area contributed by atoms with Crippen LogP contribution in [0.1, 0.15) is 35.2 Å². The summed E-state index contributed by atoms with van der Waals surface area (Å²) in [6, 6.07) is -0.262. The molecule has 41 heavy (non-hydrogen) atoms. The highest BCUT2D eigenvalue weighted by molar-refractivity contribution is 6.25. The number of carbonyl (C=O) groups excluding carboxylic acids is 4. The van der Waals surface area contributed by atoms with Crippen LogP contribution >= 0.6 is 0 Å². The smallest absolute Gasteiger partial charge is 0.255 e. The molecule has 0 saturated carbocycles. The Labute approximate surface area is 234 Å². The van der Waals surface area contributed by atoms with Gasteiger partial charge in [0.2, 0.25) is 11.7 Å². The molecule has 0 saturated heterocycles. The number of allylic oxidation sites excluding steroid dienone is 1. The number of nitrogens with two attached hydrogens (primary N) is 2. The molecule has 0 spiro atoms. The lowest BCUT2D eigenvalue weighted by molar-refractivity contribution is -0.148. The average Bonchev–Trinajstić information content (AvgIpc) is 2.88. The highest BCUT2D eigenvalue weighted by Crippen LogP contribution is 2.53. The van der Waals surface area contributed by atoms with Gasteiger partial charge in [0.25, 0.3) is 5.91 Å². The maximum absolute atomic E-state index is 15.3. The van der Waals surface area contributed by atoms with Crippen LogP contribution in [-0.4, -0.2) is 94.1 Å². The van der Waals surface area contributed by atoms with Crippen LogP contribution in [0.4, 0.5) is 10.1 Å². The summed E-state index contributed by atoms with van der Waals surface area (Å²) in [4.78, 5) is 52.9. The third kappa shape index (κ3) is 4.86. The minimum absolute atomic E-state index is 0.156. The summed E-state index contributed by atoms with van der Waals surface area (Å²) in [5.74, 6) is -9.89. The van der Waals surface area contributed by atoms with Gasteiger partial charge in [-0.15, -0.1) is 0 Å². The van der Waals surface area contributed by atoms with Crippen LogP contribution in [0, 0.1) is 17.7 Å². The van der Waals surface area contributed by atoms with Gasteiger partial charge in [0.1, 0.15) is 22.9 Å². The van der Waals surface area contributed by atoms with Gasteiger partial charge in [0, 0.05) is 23.1 Å². The SMILES string of the molecule is CN(C)[C@@H]1C(O)=C(C(N)=O)C(=O)[C@@]2(O)C(O)=C3C(=O)c4c(O)c(NC(=O)CNCCCCN)cc(F)c4C[C@H]3C[C@@H]12. The van der Waals surface area contributed by atoms with Crippen LogP contribution < -0.4 is 22.1 Å². The molecule has 0 aromatic heterocycles. The summed E-state index contributed by atoms with van der Waals surface area (Å²) >= 11 is 0. The maximum atomic E-state index is 15.3. The number of amides is 2. The Morgan fingerprint density at radius 1 is 1.20 bits per heavy atom. The zero-order valence-electron chi connectivity index (χ0n) is 22.7. The summed E-state index contributed by atoms with van der Waals surface area (Å²) in [7, 11) is 3.02. The summed E-state index contributed by atoms with van der Waals surface area (Å²) in [6.45, 7) is 0.853. The lowest BCUT2D eigenvalue weighted by atomic mass is 9.58. The Hall–Kier alpha value is -3.85. The highest BCUT2D eigenvalue weighted by Gasteiger charge is 2.63. The van der Waals surface area contributed by atoms with E-state index in [1.165, 1.54) is 19.0 Å². The fourth-order valence-electron chi connectivity index (χ4n) is 6.16. The second-order valence-electron chi connectivity index (χ2n) is 10.8. The molecule has 0 fully saturated rings. The number of anilines is 1. The number of unbranched alkanes of at least 4 members (excludes halogenated alkanes) is 1. The number of hydrogen-bond acceptors (Lipinski definition) is 11. The predicted octanol–water partition coefficient (Wildman–Crippen LogP) is -0.473. The lowest BCUT2D eigenvalue weighted by Crippen LogP contribution is -2.63. The van der Waals surface area contributed by atoms with Crippen molar-refractivity contribution in [1.82, 2.24) is 10.2 Å². The molecule has 3 aliphatic carbocycles. The third-order valence-electron chi connectivity index (χ3n) is 8.04. The number of carbonyl (C=O) groups is 4. The quantitative estimate of drug-likeness (QED) is 0.107. The molecule has 222 valence electrons. The number of nitrogens with one attached hydrogen (secondary N) is 2. The largest absolute Gasteiger partial charge is 0.510 e. The Kier molecular flexibility index (Phi) is 8.23. The first-order valence-electron chi connectivity index (χ1n) is 13.2. The normalized spacial score (nSPS) is 25.7. The van der Waals surface area contributed by atoms with Gasteiger partial charge < -0.3 is 42.5 Å². The molecule has 4 atom stereocenters. The van der Waals surface area contributed by atoms with Crippen LogP contribution in [0.25, 0.3) is 0 Å². The summed E-state index contributed by atoms with van der Waals surface area (Å²) in [5.41, 5.74) is 5.51. The minimum Gasteiger partial charge on any atom is -0.510 e. The number of benzene rings is 1. The van der Waals surface area contributed by atoms with Crippen LogP contribution in [0.3, 0.4) is 0 Å². The zero-order chi connectivity index (χ0) is 30.4. The van der Waals surface area contributed by atoms with Crippen molar-refractivity contribution in [2.75, 3.05) is 39.0 Å². The number of likely N-dealkylation sites (N-methyl/N-ethyl adjacent to an activating group) is 1. The molecule has 14 heteroatoms. The molecule has 0 unspecified atom stereocenters. The van der Waals surface area contributed by atoms with Gasteiger partial charge in [0.15, 0.2) is 17.1 Å². The number of halogens is 1. The second-order valence-corrected chi connectivity index (χ2v) is 10.8. The number of Topliss-reactive ketones (excluding diaryl/α,β-unsaturated/α-hetero) is 2. The van der Waals surface area contributed by atoms with E-state index in [0.29, 0.717) is 13.1 Å². The number of aromatic hydroxyl groups is 1. The maximum Gasteiger partial charge on any atom is 0.255 e.